The van der Waals surface area contributed by atoms with Crippen molar-refractivity contribution < 1.29 is 39.2 Å². The minimum atomic E-state index is -1.47. The average molecular weight is 584 g/mol. The topological polar surface area (TPSA) is 231 Å². The van der Waals surface area contributed by atoms with Gasteiger partial charge in [-0.1, -0.05) is 17.3 Å². The number of anilines is 1. The van der Waals surface area contributed by atoms with Gasteiger partial charge >= 0.3 is 5.97 Å². The molecule has 1 aromatic carbocycles. The Balaban J connectivity index is 1.30. The van der Waals surface area contributed by atoms with Crippen molar-refractivity contribution in [3.8, 4) is 0 Å². The molecule has 2 fully saturated rings. The molecule has 2 atom stereocenters. The maximum atomic E-state index is 13.0. The number of ether oxygens (including phenoxy) is 1. The molecule has 3 aliphatic rings. The second-order valence-electron chi connectivity index (χ2n) is 9.15. The van der Waals surface area contributed by atoms with Crippen molar-refractivity contribution in [3.05, 3.63) is 74.1 Å². The molecule has 0 spiro atoms. The van der Waals surface area contributed by atoms with Gasteiger partial charge in [0.05, 0.1) is 4.92 Å². The number of non-ortho nitro benzene ring substituents is 1. The van der Waals surface area contributed by atoms with Crippen LogP contribution < -0.4 is 11.1 Å². The highest BCUT2D eigenvalue weighted by Gasteiger charge is 2.55. The molecule has 17 heteroatoms. The molecule has 1 aromatic heterocycles. The van der Waals surface area contributed by atoms with Crippen molar-refractivity contribution in [2.24, 2.45) is 5.16 Å². The zero-order valence-electron chi connectivity index (χ0n) is 20.9. The summed E-state index contributed by atoms with van der Waals surface area (Å²) in [6, 6.07) is 3.76. The number of hydrogen-bond donors (Lipinski definition) is 4. The Hall–Kier alpha value is -5.32. The fraction of sp³-hybridized carbons (Fsp3) is 0.250. The third-order valence-corrected chi connectivity index (χ3v) is 7.39. The number of nitro groups is 1. The molecule has 0 radical (unpaired) electrons. The van der Waals surface area contributed by atoms with Crippen molar-refractivity contribution in [2.45, 2.75) is 25.0 Å². The van der Waals surface area contributed by atoms with E-state index >= 15 is 0 Å². The normalized spacial score (nSPS) is 21.5. The molecular formula is C24H21N7O9S. The van der Waals surface area contributed by atoms with Crippen molar-refractivity contribution >= 4 is 51.6 Å². The van der Waals surface area contributed by atoms with Crippen LogP contribution in [-0.2, 0) is 30.5 Å². The molecule has 0 aliphatic carbocycles. The van der Waals surface area contributed by atoms with Crippen LogP contribution in [-0.4, -0.2) is 84.7 Å². The Kier molecular flexibility index (Phi) is 7.10. The fourth-order valence-electron chi connectivity index (χ4n) is 4.70. The van der Waals surface area contributed by atoms with E-state index in [-0.39, 0.29) is 53.3 Å². The van der Waals surface area contributed by atoms with Gasteiger partial charge in [0.2, 0.25) is 5.91 Å². The van der Waals surface area contributed by atoms with Gasteiger partial charge in [-0.25, -0.2) is 9.78 Å². The summed E-state index contributed by atoms with van der Waals surface area (Å²) in [6.45, 7) is 0.346. The summed E-state index contributed by atoms with van der Waals surface area (Å²) in [5.74, 6) is -3.67. The Morgan fingerprint density at radius 1 is 1.32 bits per heavy atom. The summed E-state index contributed by atoms with van der Waals surface area (Å²) in [5.41, 5.74) is 5.47. The van der Waals surface area contributed by atoms with Crippen molar-refractivity contribution in [1.82, 2.24) is 20.1 Å². The van der Waals surface area contributed by atoms with Gasteiger partial charge in [-0.05, 0) is 18.1 Å². The largest absolute Gasteiger partial charge is 0.489 e. The number of β-lactam (4-membered cyclic amide) rings is 1. The fourth-order valence-corrected chi connectivity index (χ4v) is 5.25. The Morgan fingerprint density at radius 2 is 2.05 bits per heavy atom. The summed E-state index contributed by atoms with van der Waals surface area (Å²) in [7, 11) is 0. The number of amides is 3. The molecule has 2 saturated heterocycles. The predicted octanol–water partition coefficient (Wildman–Crippen LogP) is 0.193. The summed E-state index contributed by atoms with van der Waals surface area (Å²) in [5, 5.41) is 36.9. The first-order valence-corrected chi connectivity index (χ1v) is 12.9. The summed E-state index contributed by atoms with van der Waals surface area (Å²) in [6.07, 6.45) is 1.58. The van der Waals surface area contributed by atoms with E-state index in [0.29, 0.717) is 12.1 Å². The third-order valence-electron chi connectivity index (χ3n) is 6.71. The number of allylic oxidation sites excluding steroid dienone is 1. The molecule has 3 aliphatic heterocycles. The smallest absolute Gasteiger partial charge is 0.356 e. The highest BCUT2D eigenvalue weighted by molar-refractivity contribution is 7.13. The van der Waals surface area contributed by atoms with Crippen LogP contribution in [0.2, 0.25) is 0 Å². The number of aromatic nitrogens is 1. The standard InChI is InChI=1S/C24H21N7O9S/c25-24-26-14(10-41-24)17(28-37)20(32)27-18-15-9-40-16(19(23(35)36)30(15)22(18)34)7-12-5-6-29(21(12)33)8-11-1-3-13(4-2-11)31(38)39/h1-4,7,10,15,18,37H,5-6,8-9H2,(H2,25,26)(H,27,32)(H,35,36)/b12-7+,28-17-. The lowest BCUT2D eigenvalue weighted by Crippen LogP contribution is -2.73. The van der Waals surface area contributed by atoms with E-state index in [1.54, 1.807) is 12.1 Å². The lowest BCUT2D eigenvalue weighted by molar-refractivity contribution is -0.384. The Morgan fingerprint density at radius 3 is 2.66 bits per heavy atom. The second-order valence-corrected chi connectivity index (χ2v) is 10.0. The van der Waals surface area contributed by atoms with Crippen LogP contribution in [0.3, 0.4) is 0 Å². The van der Waals surface area contributed by atoms with Crippen LogP contribution in [0.1, 0.15) is 17.7 Å². The zero-order valence-corrected chi connectivity index (χ0v) is 21.7. The summed E-state index contributed by atoms with van der Waals surface area (Å²) in [4.78, 5) is 67.4. The van der Waals surface area contributed by atoms with Gasteiger partial charge in [0, 0.05) is 36.2 Å². The Bertz CT molecular complexity index is 1560. The van der Waals surface area contributed by atoms with E-state index < -0.39 is 46.2 Å². The van der Waals surface area contributed by atoms with Crippen LogP contribution >= 0.6 is 11.3 Å². The molecule has 2 unspecified atom stereocenters. The van der Waals surface area contributed by atoms with E-state index in [0.717, 1.165) is 16.2 Å². The number of carboxylic acids is 1. The molecule has 41 heavy (non-hydrogen) atoms. The quantitative estimate of drug-likeness (QED) is 0.0818. The van der Waals surface area contributed by atoms with Crippen LogP contribution in [0.4, 0.5) is 10.8 Å². The number of nitrogens with one attached hydrogen (secondary N) is 1. The highest BCUT2D eigenvalue weighted by atomic mass is 32.1. The van der Waals surface area contributed by atoms with Crippen LogP contribution in [0.15, 0.2) is 57.9 Å². The minimum Gasteiger partial charge on any atom is -0.489 e. The van der Waals surface area contributed by atoms with Crippen LogP contribution in [0.25, 0.3) is 0 Å². The number of hydrogen-bond acceptors (Lipinski definition) is 12. The van der Waals surface area contributed by atoms with Gasteiger partial charge in [0.15, 0.2) is 22.3 Å². The highest BCUT2D eigenvalue weighted by Crippen LogP contribution is 2.34. The number of carbonyl (C=O) groups excluding carboxylic acids is 3. The number of nitrogens with zero attached hydrogens (tertiary/aromatic N) is 5. The number of rotatable bonds is 8. The van der Waals surface area contributed by atoms with Gasteiger partial charge in [0.1, 0.15) is 24.4 Å². The number of fused-ring (bicyclic) bond motifs is 1. The number of likely N-dealkylation sites (tertiary alicyclic amines) is 1. The van der Waals surface area contributed by atoms with E-state index in [1.807, 2.05) is 0 Å². The number of nitrogen functional groups attached to an aromatic ring is 1. The molecule has 212 valence electrons. The maximum Gasteiger partial charge on any atom is 0.356 e. The minimum absolute atomic E-state index is 0.0000858. The number of carboxylic acid groups (broad SMARTS) is 1. The lowest BCUT2D eigenvalue weighted by Gasteiger charge is -2.49. The first kappa shape index (κ1) is 27.3. The van der Waals surface area contributed by atoms with E-state index in [1.165, 1.54) is 28.5 Å². The van der Waals surface area contributed by atoms with Crippen molar-refractivity contribution in [3.63, 3.8) is 0 Å². The van der Waals surface area contributed by atoms with E-state index in [4.69, 9.17) is 10.5 Å². The van der Waals surface area contributed by atoms with Crippen LogP contribution in [0.5, 0.6) is 0 Å². The average Bonchev–Trinajstić information content (AvgIpc) is 3.52. The number of thiazole rings is 1. The molecule has 0 saturated carbocycles. The van der Waals surface area contributed by atoms with Gasteiger partial charge in [-0.2, -0.15) is 0 Å². The van der Waals surface area contributed by atoms with Crippen LogP contribution in [0, 0.1) is 10.1 Å². The SMILES string of the molecule is Nc1nc(/C(=N/O)C(=O)NC2C(=O)N3C(C(=O)O)=C(/C=C4\CCN(Cc5ccc([N+](=O)[O-])cc5)C4=O)OCC23)cs1. The van der Waals surface area contributed by atoms with Gasteiger partial charge in [-0.15, -0.1) is 11.3 Å². The van der Waals surface area contributed by atoms with Crippen molar-refractivity contribution in [1.29, 1.82) is 0 Å². The number of aliphatic carboxylic acids is 1. The first-order chi connectivity index (χ1) is 19.6. The molecule has 0 bridgehead atoms. The first-order valence-electron chi connectivity index (χ1n) is 12.0. The summed E-state index contributed by atoms with van der Waals surface area (Å²) < 4.78 is 5.66. The second kappa shape index (κ2) is 10.7. The summed E-state index contributed by atoms with van der Waals surface area (Å²) >= 11 is 1.01. The molecule has 2 aromatic rings. The van der Waals surface area contributed by atoms with Crippen molar-refractivity contribution in [2.75, 3.05) is 18.9 Å². The maximum absolute atomic E-state index is 13.0. The monoisotopic (exact) mass is 583 g/mol. The number of carbonyl (C=O) groups is 4. The molecule has 5 rings (SSSR count). The van der Waals surface area contributed by atoms with E-state index in [9.17, 15) is 39.6 Å². The molecule has 3 amide bonds. The Labute approximate surface area is 234 Å². The number of nitro benzene ring substituents is 1. The number of benzene rings is 1. The lowest BCUT2D eigenvalue weighted by atomic mass is 9.92. The number of nitrogens with two attached hydrogens (primary N) is 1. The molecular weight excluding hydrogens is 562 g/mol. The zero-order chi connectivity index (χ0) is 29.4. The van der Waals surface area contributed by atoms with Gasteiger partial charge < -0.3 is 31.0 Å². The molecule has 5 N–H and O–H groups in total. The van der Waals surface area contributed by atoms with E-state index in [2.05, 4.69) is 15.5 Å². The predicted molar refractivity (Wildman–Crippen MR) is 139 cm³/mol. The van der Waals surface area contributed by atoms with Gasteiger partial charge in [0.25, 0.3) is 17.5 Å². The number of oxime groups is 1. The molecule has 4 heterocycles. The third kappa shape index (κ3) is 5.05. The molecule has 16 nitrogen and oxygen atoms in total. The van der Waals surface area contributed by atoms with Gasteiger partial charge in [-0.3, -0.25) is 29.4 Å².